The Kier molecular flexibility index (Phi) is 7.64. The average Bonchev–Trinajstić information content (AvgIpc) is 2.82. The Hall–Kier alpha value is -3.66. The lowest BCUT2D eigenvalue weighted by Crippen LogP contribution is -2.39. The summed E-state index contributed by atoms with van der Waals surface area (Å²) in [5.41, 5.74) is 0.616. The number of amides is 2. The lowest BCUT2D eigenvalue weighted by molar-refractivity contribution is -0.118. The van der Waals surface area contributed by atoms with Crippen molar-refractivity contribution in [2.75, 3.05) is 22.1 Å². The van der Waals surface area contributed by atoms with Crippen LogP contribution in [0.25, 0.3) is 0 Å². The van der Waals surface area contributed by atoms with Crippen molar-refractivity contribution in [1.29, 1.82) is 0 Å². The van der Waals surface area contributed by atoms with E-state index in [1.807, 2.05) is 0 Å². The zero-order valence-corrected chi connectivity index (χ0v) is 19.8. The fourth-order valence-corrected chi connectivity index (χ4v) is 4.37. The Labute approximate surface area is 201 Å². The molecule has 0 heterocycles. The fourth-order valence-electron chi connectivity index (χ4n) is 3.48. The van der Waals surface area contributed by atoms with Crippen LogP contribution in [0.5, 0.6) is 0 Å². The predicted molar refractivity (Wildman–Crippen MR) is 128 cm³/mol. The van der Waals surface area contributed by atoms with E-state index < -0.39 is 34.4 Å². The van der Waals surface area contributed by atoms with Crippen molar-refractivity contribution < 1.29 is 31.2 Å². The highest BCUT2D eigenvalue weighted by Gasteiger charge is 2.34. The number of alkyl halides is 3. The van der Waals surface area contributed by atoms with Gasteiger partial charge in [0.15, 0.2) is 9.84 Å². The van der Waals surface area contributed by atoms with Crippen molar-refractivity contribution in [2.24, 2.45) is 0 Å². The van der Waals surface area contributed by atoms with Crippen molar-refractivity contribution in [3.05, 3.63) is 84.4 Å². The van der Waals surface area contributed by atoms with Crippen LogP contribution in [0.4, 0.5) is 30.2 Å². The van der Waals surface area contributed by atoms with E-state index in [4.69, 9.17) is 0 Å². The van der Waals surface area contributed by atoms with Gasteiger partial charge in [-0.1, -0.05) is 31.2 Å². The van der Waals surface area contributed by atoms with Gasteiger partial charge in [-0.05, 0) is 54.6 Å². The summed E-state index contributed by atoms with van der Waals surface area (Å²) in [4.78, 5) is 27.6. The van der Waals surface area contributed by atoms with Gasteiger partial charge in [-0.15, -0.1) is 0 Å². The maximum atomic E-state index is 13.3. The smallest absolute Gasteiger partial charge is 0.299 e. The number of rotatable bonds is 7. The Bertz CT molecular complexity index is 1310. The van der Waals surface area contributed by atoms with E-state index >= 15 is 0 Å². The number of nitrogens with zero attached hydrogens (tertiary/aromatic N) is 2. The van der Waals surface area contributed by atoms with Crippen LogP contribution in [0.3, 0.4) is 0 Å². The van der Waals surface area contributed by atoms with Crippen molar-refractivity contribution in [3.63, 3.8) is 0 Å². The first-order valence-corrected chi connectivity index (χ1v) is 12.3. The van der Waals surface area contributed by atoms with Crippen LogP contribution in [-0.2, 0) is 14.6 Å². The summed E-state index contributed by atoms with van der Waals surface area (Å²) in [6.45, 7) is 1.32. The van der Waals surface area contributed by atoms with E-state index in [-0.39, 0.29) is 27.6 Å². The number of para-hydroxylation sites is 1. The highest BCUT2D eigenvalue weighted by molar-refractivity contribution is 7.91. The van der Waals surface area contributed by atoms with E-state index in [9.17, 15) is 31.2 Å². The van der Waals surface area contributed by atoms with Crippen LogP contribution in [0.15, 0.2) is 83.8 Å². The summed E-state index contributed by atoms with van der Waals surface area (Å²) in [6, 6.07) is 18.8. The molecular weight excluding hydrogens is 481 g/mol. The van der Waals surface area contributed by atoms with Gasteiger partial charge in [-0.3, -0.25) is 19.4 Å². The van der Waals surface area contributed by atoms with Gasteiger partial charge in [0, 0.05) is 29.5 Å². The lowest BCUT2D eigenvalue weighted by Gasteiger charge is -2.26. The number of sulfone groups is 1. The summed E-state index contributed by atoms with van der Waals surface area (Å²) >= 11 is 0. The van der Waals surface area contributed by atoms with Crippen LogP contribution >= 0.6 is 0 Å². The summed E-state index contributed by atoms with van der Waals surface area (Å²) in [6.07, 6.45) is -4.63. The van der Waals surface area contributed by atoms with Gasteiger partial charge in [0.05, 0.1) is 10.6 Å². The third-order valence-electron chi connectivity index (χ3n) is 5.15. The Morgan fingerprint density at radius 2 is 1.43 bits per heavy atom. The summed E-state index contributed by atoms with van der Waals surface area (Å²) < 4.78 is 63.9. The van der Waals surface area contributed by atoms with E-state index in [0.29, 0.717) is 10.6 Å². The molecule has 0 aliphatic carbocycles. The molecule has 0 unspecified atom stereocenters. The van der Waals surface area contributed by atoms with Crippen molar-refractivity contribution in [3.8, 4) is 0 Å². The number of benzene rings is 3. The molecule has 0 radical (unpaired) electrons. The molecule has 184 valence electrons. The molecule has 6 nitrogen and oxygen atoms in total. The van der Waals surface area contributed by atoms with Gasteiger partial charge >= 0.3 is 6.18 Å². The highest BCUT2D eigenvalue weighted by atomic mass is 32.2. The minimum absolute atomic E-state index is 0.0490. The van der Waals surface area contributed by atoms with Crippen molar-refractivity contribution >= 4 is 38.7 Å². The molecule has 3 rings (SSSR count). The van der Waals surface area contributed by atoms with Crippen LogP contribution in [-0.4, -0.2) is 38.7 Å². The molecule has 2 amide bonds. The quantitative estimate of drug-likeness (QED) is 0.433. The first-order valence-electron chi connectivity index (χ1n) is 10.6. The molecule has 35 heavy (non-hydrogen) atoms. The van der Waals surface area contributed by atoms with Gasteiger partial charge in [0.25, 0.3) is 5.91 Å². The van der Waals surface area contributed by atoms with Crippen LogP contribution in [0, 0.1) is 0 Å². The highest BCUT2D eigenvalue weighted by Crippen LogP contribution is 2.29. The molecular formula is C25H23F3N2O4S. The van der Waals surface area contributed by atoms with Crippen LogP contribution in [0.2, 0.25) is 0 Å². The molecule has 3 aromatic carbocycles. The monoisotopic (exact) mass is 504 g/mol. The lowest BCUT2D eigenvalue weighted by atomic mass is 10.1. The molecule has 0 N–H and O–H groups in total. The molecule has 3 aromatic rings. The molecule has 0 saturated heterocycles. The normalized spacial score (nSPS) is 11.7. The second-order valence-electron chi connectivity index (χ2n) is 7.64. The third kappa shape index (κ3) is 6.27. The molecule has 0 aromatic heterocycles. The number of anilines is 3. The predicted octanol–water partition coefficient (Wildman–Crippen LogP) is 5.37. The number of carbonyl (C=O) groups excluding carboxylic acids is 2. The minimum atomic E-state index is -4.63. The third-order valence-corrected chi connectivity index (χ3v) is 6.90. The standard InChI is InChI=1S/C25H23F3N2O4S/c1-3-35(33,34)23-14-12-21(13-15-23)30(18(2)31)22-11-7-8-19(16-22)24(32)29(17-25(26,27)28)20-9-5-4-6-10-20/h4-16H,3,17H2,1-2H3. The number of hydrogen-bond donors (Lipinski definition) is 0. The fraction of sp³-hybridized carbons (Fsp3) is 0.200. The first kappa shape index (κ1) is 26.0. The van der Waals surface area contributed by atoms with Gasteiger partial charge in [0.1, 0.15) is 6.54 Å². The number of halogens is 3. The number of hydrogen-bond acceptors (Lipinski definition) is 4. The van der Waals surface area contributed by atoms with E-state index in [0.717, 1.165) is 0 Å². The molecule has 0 saturated carbocycles. The molecule has 0 fully saturated rings. The van der Waals surface area contributed by atoms with E-state index in [1.165, 1.54) is 91.5 Å². The van der Waals surface area contributed by atoms with Gasteiger partial charge < -0.3 is 0 Å². The molecule has 0 atom stereocenters. The Morgan fingerprint density at radius 1 is 0.829 bits per heavy atom. The van der Waals surface area contributed by atoms with E-state index in [1.54, 1.807) is 6.07 Å². The zero-order chi connectivity index (χ0) is 25.8. The van der Waals surface area contributed by atoms with Crippen LogP contribution < -0.4 is 9.80 Å². The maximum Gasteiger partial charge on any atom is 0.406 e. The van der Waals surface area contributed by atoms with E-state index in [2.05, 4.69) is 0 Å². The van der Waals surface area contributed by atoms with Crippen molar-refractivity contribution in [2.45, 2.75) is 24.9 Å². The second kappa shape index (κ2) is 10.3. The molecule has 0 aliphatic rings. The molecule has 10 heteroatoms. The summed E-state index contributed by atoms with van der Waals surface area (Å²) in [5, 5.41) is 0. The summed E-state index contributed by atoms with van der Waals surface area (Å²) in [7, 11) is -3.44. The average molecular weight is 505 g/mol. The SMILES string of the molecule is CCS(=O)(=O)c1ccc(N(C(C)=O)c2cccc(C(=O)N(CC(F)(F)F)c3ccccc3)c2)cc1. The summed E-state index contributed by atoms with van der Waals surface area (Å²) in [5.74, 6) is -1.40. The van der Waals surface area contributed by atoms with Gasteiger partial charge in [0.2, 0.25) is 5.91 Å². The minimum Gasteiger partial charge on any atom is -0.299 e. The van der Waals surface area contributed by atoms with Crippen LogP contribution in [0.1, 0.15) is 24.2 Å². The number of carbonyl (C=O) groups is 2. The molecule has 0 spiro atoms. The second-order valence-corrected chi connectivity index (χ2v) is 9.92. The van der Waals surface area contributed by atoms with Gasteiger partial charge in [-0.25, -0.2) is 8.42 Å². The topological polar surface area (TPSA) is 74.8 Å². The Morgan fingerprint density at radius 3 is 1.97 bits per heavy atom. The Balaban J connectivity index is 2.00. The molecule has 0 aliphatic heterocycles. The maximum absolute atomic E-state index is 13.3. The largest absolute Gasteiger partial charge is 0.406 e. The van der Waals surface area contributed by atoms with Crippen molar-refractivity contribution in [1.82, 2.24) is 0 Å². The zero-order valence-electron chi connectivity index (χ0n) is 19.0. The first-order chi connectivity index (χ1) is 16.4. The molecule has 0 bridgehead atoms. The van der Waals surface area contributed by atoms with Gasteiger partial charge in [-0.2, -0.15) is 13.2 Å².